The average molecular weight is 1150 g/mol. The van der Waals surface area contributed by atoms with Crippen molar-refractivity contribution in [2.45, 2.75) is 283 Å². The van der Waals surface area contributed by atoms with Crippen LogP contribution in [0.25, 0.3) is 0 Å². The summed E-state index contributed by atoms with van der Waals surface area (Å²) in [5.41, 5.74) is 0. The smallest absolute Gasteiger partial charge is 0.462 e. The number of carbonyl (C=O) groups excluding carboxylic acids is 2. The van der Waals surface area contributed by atoms with E-state index in [2.05, 4.69) is 123 Å². The molecule has 9 nitrogen and oxygen atoms in total. The fourth-order valence-electron chi connectivity index (χ4n) is 9.01. The summed E-state index contributed by atoms with van der Waals surface area (Å²) in [6.07, 6.45) is 86.0. The number of allylic oxidation sites excluding steroid dienone is 18. The molecule has 0 radical (unpaired) electrons. The van der Waals surface area contributed by atoms with Crippen LogP contribution < -0.4 is 0 Å². The summed E-state index contributed by atoms with van der Waals surface area (Å²) in [4.78, 5) is 35.8. The van der Waals surface area contributed by atoms with Crippen molar-refractivity contribution in [3.05, 3.63) is 109 Å². The molecule has 0 aliphatic carbocycles. The molecule has 0 fully saturated rings. The van der Waals surface area contributed by atoms with Crippen LogP contribution in [0, 0.1) is 0 Å². The van der Waals surface area contributed by atoms with Gasteiger partial charge in [-0.1, -0.05) is 290 Å². The van der Waals surface area contributed by atoms with Gasteiger partial charge in [-0.25, -0.2) is 4.57 Å². The van der Waals surface area contributed by atoms with Gasteiger partial charge in [-0.15, -0.1) is 0 Å². The summed E-state index contributed by atoms with van der Waals surface area (Å²) < 4.78 is 34.7. The van der Waals surface area contributed by atoms with Gasteiger partial charge in [-0.2, -0.15) is 0 Å². The van der Waals surface area contributed by atoms with E-state index in [9.17, 15) is 19.0 Å². The number of esters is 2. The monoisotopic (exact) mass is 1150 g/mol. The number of phosphoric ester groups is 1. The fraction of sp³-hybridized carbons (Fsp3) is 0.718. The summed E-state index contributed by atoms with van der Waals surface area (Å²) >= 11 is 0. The van der Waals surface area contributed by atoms with Gasteiger partial charge in [0.15, 0.2) is 6.10 Å². The molecule has 0 heterocycles. The number of unbranched alkanes of at least 4 members (excludes halogenated alkanes) is 28. The Labute approximate surface area is 499 Å². The highest BCUT2D eigenvalue weighted by atomic mass is 31.2. The average Bonchev–Trinajstić information content (AvgIpc) is 3.43. The molecule has 0 aliphatic rings. The van der Waals surface area contributed by atoms with Crippen molar-refractivity contribution in [2.24, 2.45) is 0 Å². The predicted octanol–water partition coefficient (Wildman–Crippen LogP) is 21.3. The molecule has 466 valence electrons. The number of phosphoric acid groups is 1. The lowest BCUT2D eigenvalue weighted by atomic mass is 10.0. The van der Waals surface area contributed by atoms with Crippen LogP contribution in [0.2, 0.25) is 0 Å². The molecule has 0 bridgehead atoms. The lowest BCUT2D eigenvalue weighted by Crippen LogP contribution is -2.37. The fourth-order valence-corrected chi connectivity index (χ4v) is 9.75. The van der Waals surface area contributed by atoms with Gasteiger partial charge in [-0.3, -0.25) is 18.6 Å². The van der Waals surface area contributed by atoms with Crippen LogP contribution in [0.1, 0.15) is 277 Å². The quantitative estimate of drug-likeness (QED) is 0.0211. The standard InChI is InChI=1S/C71H124NO8P/c1-6-8-10-12-14-16-18-20-22-24-26-28-30-32-33-34-35-36-37-38-39-40-42-44-46-48-50-52-54-56-58-60-62-64-71(74)80-69(68-79-81(75,76)78-66-65-72(3,4)5)67-77-70(73)63-61-59-57-55-53-51-49-47-45-43-41-31-29-27-25-23-21-19-17-15-13-11-9-7-2/h8,10,14,16,20,22,26,28,32-33,35-36,38-39,42,44,48,50,69H,6-7,9,11-13,15,17-19,21,23-25,27,29-31,34,37,40-41,43,45-47,49,51-68H2,1-5H3/p+1/b10-8-,16-14-,22-20-,28-26-,33-32-,36-35-,39-38-,44-42-,50-48-. The predicted molar refractivity (Wildman–Crippen MR) is 348 cm³/mol. The Kier molecular flexibility index (Phi) is 58.7. The van der Waals surface area contributed by atoms with Gasteiger partial charge in [0.05, 0.1) is 27.7 Å². The Hall–Kier alpha value is -3.33. The molecule has 0 aromatic carbocycles. The van der Waals surface area contributed by atoms with E-state index in [1.54, 1.807) is 0 Å². The molecule has 0 aromatic heterocycles. The number of likely N-dealkylation sites (N-methyl/N-ethyl adjacent to an activating group) is 1. The highest BCUT2D eigenvalue weighted by Gasteiger charge is 2.27. The van der Waals surface area contributed by atoms with E-state index in [1.807, 2.05) is 21.1 Å². The summed E-state index contributed by atoms with van der Waals surface area (Å²) in [5, 5.41) is 0. The number of nitrogens with zero attached hydrogens (tertiary/aromatic N) is 1. The molecule has 0 saturated heterocycles. The molecule has 0 amide bonds. The Morgan fingerprint density at radius 1 is 0.395 bits per heavy atom. The minimum atomic E-state index is -4.40. The second-order valence-electron chi connectivity index (χ2n) is 23.1. The number of hydrogen-bond donors (Lipinski definition) is 1. The van der Waals surface area contributed by atoms with E-state index >= 15 is 0 Å². The Morgan fingerprint density at radius 2 is 0.704 bits per heavy atom. The number of carbonyl (C=O) groups is 2. The molecule has 0 saturated carbocycles. The minimum absolute atomic E-state index is 0.0235. The normalized spacial score (nSPS) is 13.9. The number of ether oxygens (including phenoxy) is 2. The highest BCUT2D eigenvalue weighted by Crippen LogP contribution is 2.43. The van der Waals surface area contributed by atoms with E-state index in [1.165, 1.54) is 135 Å². The maximum absolute atomic E-state index is 12.9. The van der Waals surface area contributed by atoms with Gasteiger partial charge in [0, 0.05) is 12.8 Å². The molecule has 0 aliphatic heterocycles. The zero-order valence-corrected chi connectivity index (χ0v) is 53.9. The van der Waals surface area contributed by atoms with Crippen LogP contribution in [0.15, 0.2) is 109 Å². The first-order valence-corrected chi connectivity index (χ1v) is 34.6. The van der Waals surface area contributed by atoms with E-state index in [4.69, 9.17) is 18.5 Å². The lowest BCUT2D eigenvalue weighted by Gasteiger charge is -2.24. The van der Waals surface area contributed by atoms with Crippen LogP contribution in [0.5, 0.6) is 0 Å². The second-order valence-corrected chi connectivity index (χ2v) is 24.6. The topological polar surface area (TPSA) is 108 Å². The first kappa shape index (κ1) is 77.7. The highest BCUT2D eigenvalue weighted by molar-refractivity contribution is 7.47. The largest absolute Gasteiger partial charge is 0.472 e. The molecule has 0 aromatic rings. The van der Waals surface area contributed by atoms with Gasteiger partial charge in [-0.05, 0) is 83.5 Å². The molecule has 2 atom stereocenters. The summed E-state index contributed by atoms with van der Waals surface area (Å²) in [5.74, 6) is -0.816. The Bertz CT molecular complexity index is 1730. The third-order valence-corrected chi connectivity index (χ3v) is 15.1. The molecule has 1 N–H and O–H groups in total. The van der Waals surface area contributed by atoms with Gasteiger partial charge < -0.3 is 18.9 Å². The van der Waals surface area contributed by atoms with Crippen molar-refractivity contribution in [1.29, 1.82) is 0 Å². The van der Waals surface area contributed by atoms with Crippen LogP contribution in [0.3, 0.4) is 0 Å². The van der Waals surface area contributed by atoms with Gasteiger partial charge in [0.1, 0.15) is 19.8 Å². The number of rotatable bonds is 60. The van der Waals surface area contributed by atoms with Crippen molar-refractivity contribution in [2.75, 3.05) is 47.5 Å². The summed E-state index contributed by atoms with van der Waals surface area (Å²) in [6, 6.07) is 0. The number of quaternary nitrogens is 1. The van der Waals surface area contributed by atoms with Gasteiger partial charge in [0.25, 0.3) is 0 Å². The lowest BCUT2D eigenvalue weighted by molar-refractivity contribution is -0.870. The third kappa shape index (κ3) is 65.7. The molecular formula is C71H125NO8P+. The van der Waals surface area contributed by atoms with Crippen molar-refractivity contribution < 1.29 is 42.1 Å². The summed E-state index contributed by atoms with van der Waals surface area (Å²) in [7, 11) is 1.46. The molecule has 81 heavy (non-hydrogen) atoms. The second kappa shape index (κ2) is 61.2. The van der Waals surface area contributed by atoms with E-state index < -0.39 is 26.5 Å². The Morgan fingerprint density at radius 3 is 1.05 bits per heavy atom. The summed E-state index contributed by atoms with van der Waals surface area (Å²) in [6.45, 7) is 4.32. The molecule has 0 rings (SSSR count). The van der Waals surface area contributed by atoms with Crippen LogP contribution >= 0.6 is 7.82 Å². The molecule has 2 unspecified atom stereocenters. The van der Waals surface area contributed by atoms with Crippen LogP contribution in [0.4, 0.5) is 0 Å². The minimum Gasteiger partial charge on any atom is -0.462 e. The van der Waals surface area contributed by atoms with Crippen molar-refractivity contribution in [1.82, 2.24) is 0 Å². The van der Waals surface area contributed by atoms with Crippen molar-refractivity contribution in [3.63, 3.8) is 0 Å². The molecular weight excluding hydrogens is 1030 g/mol. The maximum Gasteiger partial charge on any atom is 0.472 e. The molecule has 0 spiro atoms. The van der Waals surface area contributed by atoms with Gasteiger partial charge in [0.2, 0.25) is 0 Å². The van der Waals surface area contributed by atoms with E-state index in [0.717, 1.165) is 109 Å². The van der Waals surface area contributed by atoms with E-state index in [0.29, 0.717) is 17.4 Å². The zero-order valence-electron chi connectivity index (χ0n) is 53.0. The van der Waals surface area contributed by atoms with Crippen LogP contribution in [-0.2, 0) is 32.7 Å². The first-order chi connectivity index (χ1) is 39.5. The van der Waals surface area contributed by atoms with E-state index in [-0.39, 0.29) is 32.0 Å². The number of hydrogen-bond acceptors (Lipinski definition) is 7. The molecule has 10 heteroatoms. The van der Waals surface area contributed by atoms with Crippen LogP contribution in [-0.4, -0.2) is 74.9 Å². The third-order valence-electron chi connectivity index (χ3n) is 14.1. The van der Waals surface area contributed by atoms with Crippen molar-refractivity contribution in [3.8, 4) is 0 Å². The first-order valence-electron chi connectivity index (χ1n) is 33.1. The van der Waals surface area contributed by atoms with Gasteiger partial charge >= 0.3 is 19.8 Å². The Balaban J connectivity index is 4.17. The maximum atomic E-state index is 12.9. The zero-order chi connectivity index (χ0) is 59.1. The SMILES string of the molecule is CC/C=C\C/C=C\C/C=C\C/C=C\C/C=C\C/C=C\C/C=C\C/C=C\C/C=C\CCCCCCCC(=O)OC(COC(=O)CCCCCCCCCCCCCCCCCCCCCCCCCC)COP(=O)(O)OCC[N+](C)(C)C. The van der Waals surface area contributed by atoms with Crippen molar-refractivity contribution >= 4 is 19.8 Å².